The number of hydrogen-bond donors (Lipinski definition) is 1. The fourth-order valence-electron chi connectivity index (χ4n) is 2.08. The van der Waals surface area contributed by atoms with Crippen molar-refractivity contribution in [2.45, 2.75) is 25.3 Å². The molecule has 1 aromatic heterocycles. The second-order valence-electron chi connectivity index (χ2n) is 4.61. The van der Waals surface area contributed by atoms with Crippen molar-refractivity contribution in [1.29, 1.82) is 0 Å². The Morgan fingerprint density at radius 3 is 2.63 bits per heavy atom. The SMILES string of the molecule is CNC(CCc1ccsc1)Cc1ccc(Cl)c(Cl)c1. The van der Waals surface area contributed by atoms with Gasteiger partial charge < -0.3 is 5.32 Å². The van der Waals surface area contributed by atoms with E-state index in [0.717, 1.165) is 19.3 Å². The lowest BCUT2D eigenvalue weighted by atomic mass is 10.0. The van der Waals surface area contributed by atoms with Gasteiger partial charge in [-0.25, -0.2) is 0 Å². The average molecular weight is 314 g/mol. The summed E-state index contributed by atoms with van der Waals surface area (Å²) in [5, 5.41) is 8.96. The van der Waals surface area contributed by atoms with Gasteiger partial charge >= 0.3 is 0 Å². The van der Waals surface area contributed by atoms with E-state index in [2.05, 4.69) is 22.1 Å². The number of thiophene rings is 1. The van der Waals surface area contributed by atoms with Crippen LogP contribution in [-0.2, 0) is 12.8 Å². The van der Waals surface area contributed by atoms with E-state index in [0.29, 0.717) is 16.1 Å². The van der Waals surface area contributed by atoms with Gasteiger partial charge in [0.25, 0.3) is 0 Å². The van der Waals surface area contributed by atoms with E-state index < -0.39 is 0 Å². The van der Waals surface area contributed by atoms with Crippen LogP contribution in [-0.4, -0.2) is 13.1 Å². The molecule has 1 nitrogen and oxygen atoms in total. The third-order valence-corrected chi connectivity index (χ3v) is 4.71. The summed E-state index contributed by atoms with van der Waals surface area (Å²) in [7, 11) is 2.01. The van der Waals surface area contributed by atoms with Crippen molar-refractivity contribution in [3.8, 4) is 0 Å². The van der Waals surface area contributed by atoms with Crippen molar-refractivity contribution in [3.05, 3.63) is 56.2 Å². The van der Waals surface area contributed by atoms with E-state index in [1.807, 2.05) is 25.2 Å². The molecule has 2 rings (SSSR count). The first-order valence-electron chi connectivity index (χ1n) is 6.31. The molecule has 0 radical (unpaired) electrons. The van der Waals surface area contributed by atoms with Gasteiger partial charge in [0.15, 0.2) is 0 Å². The molecule has 0 saturated carbocycles. The highest BCUT2D eigenvalue weighted by molar-refractivity contribution is 7.07. The maximum atomic E-state index is 6.05. The summed E-state index contributed by atoms with van der Waals surface area (Å²) < 4.78 is 0. The van der Waals surface area contributed by atoms with Crippen LogP contribution in [0.2, 0.25) is 10.0 Å². The number of nitrogens with one attached hydrogen (secondary N) is 1. The molecule has 0 amide bonds. The largest absolute Gasteiger partial charge is 0.317 e. The highest BCUT2D eigenvalue weighted by Gasteiger charge is 2.09. The van der Waals surface area contributed by atoms with Gasteiger partial charge in [-0.05, 0) is 66.4 Å². The fraction of sp³-hybridized carbons (Fsp3) is 0.333. The minimum atomic E-state index is 0.456. The number of halogens is 2. The van der Waals surface area contributed by atoms with Crippen molar-refractivity contribution in [3.63, 3.8) is 0 Å². The Kier molecular flexibility index (Phi) is 5.71. The summed E-state index contributed by atoms with van der Waals surface area (Å²) in [4.78, 5) is 0. The quantitative estimate of drug-likeness (QED) is 0.806. The summed E-state index contributed by atoms with van der Waals surface area (Å²) in [5.41, 5.74) is 2.64. The topological polar surface area (TPSA) is 12.0 Å². The normalized spacial score (nSPS) is 12.6. The Balaban J connectivity index is 1.92. The molecular weight excluding hydrogens is 297 g/mol. The molecule has 0 spiro atoms. The molecule has 0 aliphatic carbocycles. The smallest absolute Gasteiger partial charge is 0.0595 e. The van der Waals surface area contributed by atoms with Gasteiger partial charge in [-0.2, -0.15) is 11.3 Å². The first-order valence-corrected chi connectivity index (χ1v) is 8.01. The predicted molar refractivity (Wildman–Crippen MR) is 85.7 cm³/mol. The summed E-state index contributed by atoms with van der Waals surface area (Å²) >= 11 is 13.7. The van der Waals surface area contributed by atoms with E-state index in [1.54, 1.807) is 11.3 Å². The number of benzene rings is 1. The van der Waals surface area contributed by atoms with E-state index in [1.165, 1.54) is 11.1 Å². The molecule has 19 heavy (non-hydrogen) atoms. The van der Waals surface area contributed by atoms with Gasteiger partial charge in [-0.15, -0.1) is 0 Å². The van der Waals surface area contributed by atoms with Crippen LogP contribution >= 0.6 is 34.5 Å². The number of hydrogen-bond acceptors (Lipinski definition) is 2. The van der Waals surface area contributed by atoms with E-state index in [4.69, 9.17) is 23.2 Å². The summed E-state index contributed by atoms with van der Waals surface area (Å²) in [5.74, 6) is 0. The van der Waals surface area contributed by atoms with Crippen molar-refractivity contribution >= 4 is 34.5 Å². The zero-order chi connectivity index (χ0) is 13.7. The molecule has 0 aliphatic heterocycles. The number of aryl methyl sites for hydroxylation is 1. The molecule has 1 heterocycles. The minimum Gasteiger partial charge on any atom is -0.317 e. The molecule has 102 valence electrons. The lowest BCUT2D eigenvalue weighted by Gasteiger charge is -2.16. The van der Waals surface area contributed by atoms with Crippen LogP contribution in [0.25, 0.3) is 0 Å². The molecule has 1 aromatic carbocycles. The Hall–Kier alpha value is -0.540. The molecule has 0 aliphatic rings. The highest BCUT2D eigenvalue weighted by atomic mass is 35.5. The number of likely N-dealkylation sites (N-methyl/N-ethyl adjacent to an activating group) is 1. The summed E-state index contributed by atoms with van der Waals surface area (Å²) in [6.07, 6.45) is 3.20. The van der Waals surface area contributed by atoms with E-state index in [9.17, 15) is 0 Å². The lowest BCUT2D eigenvalue weighted by Crippen LogP contribution is -2.28. The second-order valence-corrected chi connectivity index (χ2v) is 6.20. The first kappa shape index (κ1) is 14.9. The van der Waals surface area contributed by atoms with Crippen LogP contribution in [0.3, 0.4) is 0 Å². The lowest BCUT2D eigenvalue weighted by molar-refractivity contribution is 0.520. The zero-order valence-corrected chi connectivity index (χ0v) is 13.2. The van der Waals surface area contributed by atoms with Gasteiger partial charge in [0, 0.05) is 6.04 Å². The van der Waals surface area contributed by atoms with Crippen LogP contribution in [0.1, 0.15) is 17.5 Å². The van der Waals surface area contributed by atoms with Crippen LogP contribution < -0.4 is 5.32 Å². The van der Waals surface area contributed by atoms with Crippen molar-refractivity contribution in [2.75, 3.05) is 7.05 Å². The van der Waals surface area contributed by atoms with Gasteiger partial charge in [-0.3, -0.25) is 0 Å². The molecule has 2 aromatic rings. The van der Waals surface area contributed by atoms with Crippen LogP contribution in [0.15, 0.2) is 35.0 Å². The van der Waals surface area contributed by atoms with Crippen LogP contribution in [0.5, 0.6) is 0 Å². The van der Waals surface area contributed by atoms with Crippen molar-refractivity contribution in [1.82, 2.24) is 5.32 Å². The molecule has 1 unspecified atom stereocenters. The van der Waals surface area contributed by atoms with Crippen molar-refractivity contribution < 1.29 is 0 Å². The van der Waals surface area contributed by atoms with Crippen molar-refractivity contribution in [2.24, 2.45) is 0 Å². The zero-order valence-electron chi connectivity index (χ0n) is 10.8. The molecule has 1 atom stereocenters. The maximum Gasteiger partial charge on any atom is 0.0595 e. The maximum absolute atomic E-state index is 6.05. The highest BCUT2D eigenvalue weighted by Crippen LogP contribution is 2.23. The molecule has 0 bridgehead atoms. The Morgan fingerprint density at radius 2 is 2.00 bits per heavy atom. The van der Waals surface area contributed by atoms with Gasteiger partial charge in [-0.1, -0.05) is 29.3 Å². The van der Waals surface area contributed by atoms with Crippen LogP contribution in [0.4, 0.5) is 0 Å². The van der Waals surface area contributed by atoms with E-state index >= 15 is 0 Å². The van der Waals surface area contributed by atoms with E-state index in [-0.39, 0.29) is 0 Å². The predicted octanol–water partition coefficient (Wildman–Crippen LogP) is 4.82. The Labute approximate surface area is 128 Å². The second kappa shape index (κ2) is 7.30. The van der Waals surface area contributed by atoms with Gasteiger partial charge in [0.1, 0.15) is 0 Å². The average Bonchev–Trinajstić information content (AvgIpc) is 2.92. The Bertz CT molecular complexity index is 511. The third-order valence-electron chi connectivity index (χ3n) is 3.24. The third kappa shape index (κ3) is 4.50. The monoisotopic (exact) mass is 313 g/mol. The standard InChI is InChI=1S/C15H17Cl2NS/c1-18-13(4-2-11-6-7-19-10-11)8-12-3-5-14(16)15(17)9-12/h3,5-7,9-10,13,18H,2,4,8H2,1H3. The Morgan fingerprint density at radius 1 is 1.16 bits per heavy atom. The summed E-state index contributed by atoms with van der Waals surface area (Å²) in [6.45, 7) is 0. The molecule has 4 heteroatoms. The molecule has 0 fully saturated rings. The fourth-order valence-corrected chi connectivity index (χ4v) is 3.10. The van der Waals surface area contributed by atoms with Gasteiger partial charge in [0.05, 0.1) is 10.0 Å². The first-order chi connectivity index (χ1) is 9.19. The molecular formula is C15H17Cl2NS. The molecule has 0 saturated heterocycles. The summed E-state index contributed by atoms with van der Waals surface area (Å²) in [6, 6.07) is 8.51. The van der Waals surface area contributed by atoms with Gasteiger partial charge in [0.2, 0.25) is 0 Å². The molecule has 1 N–H and O–H groups in total. The minimum absolute atomic E-state index is 0.456. The number of rotatable bonds is 6. The van der Waals surface area contributed by atoms with Crippen LogP contribution in [0, 0.1) is 0 Å².